The minimum atomic E-state index is 0.438. The summed E-state index contributed by atoms with van der Waals surface area (Å²) in [6.45, 7) is 9.81. The van der Waals surface area contributed by atoms with Gasteiger partial charge in [0, 0.05) is 24.8 Å². The molecular weight excluding hydrogens is 236 g/mol. The van der Waals surface area contributed by atoms with Crippen LogP contribution in [-0.4, -0.2) is 50.7 Å². The molecule has 0 saturated heterocycles. The standard InChI is InChI=1S/C15H32N4/c1-4-6-9-18-10-7-15(17-3)13-8-11-19(5-2)12-14(13)16/h15,17-18H,4-12,16H2,1-3H3. The fourth-order valence-electron chi connectivity index (χ4n) is 2.69. The number of rotatable bonds is 9. The van der Waals surface area contributed by atoms with Crippen molar-refractivity contribution in [3.8, 4) is 0 Å². The number of nitrogens with zero attached hydrogens (tertiary/aromatic N) is 1. The molecule has 0 fully saturated rings. The van der Waals surface area contributed by atoms with Crippen LogP contribution in [0.15, 0.2) is 11.3 Å². The summed E-state index contributed by atoms with van der Waals surface area (Å²) in [6.07, 6.45) is 4.76. The Bertz CT molecular complexity index is 275. The molecule has 1 aliphatic heterocycles. The lowest BCUT2D eigenvalue weighted by molar-refractivity contribution is 0.291. The summed E-state index contributed by atoms with van der Waals surface area (Å²) in [5.74, 6) is 0. The Morgan fingerprint density at radius 2 is 2.11 bits per heavy atom. The zero-order chi connectivity index (χ0) is 14.1. The molecule has 0 aliphatic carbocycles. The summed E-state index contributed by atoms with van der Waals surface area (Å²) in [4.78, 5) is 2.41. The second-order valence-corrected chi connectivity index (χ2v) is 5.40. The predicted molar refractivity (Wildman–Crippen MR) is 83.2 cm³/mol. The lowest BCUT2D eigenvalue weighted by Crippen LogP contribution is -2.40. The molecule has 0 aromatic rings. The topological polar surface area (TPSA) is 53.3 Å². The van der Waals surface area contributed by atoms with Gasteiger partial charge in [-0.15, -0.1) is 0 Å². The van der Waals surface area contributed by atoms with Gasteiger partial charge in [-0.1, -0.05) is 20.3 Å². The minimum Gasteiger partial charge on any atom is -0.401 e. The van der Waals surface area contributed by atoms with E-state index in [1.165, 1.54) is 18.4 Å². The number of hydrogen-bond donors (Lipinski definition) is 3. The SMILES string of the molecule is CCCCNCCC(NC)C1=C(N)CN(CC)CC1. The van der Waals surface area contributed by atoms with Gasteiger partial charge in [0.15, 0.2) is 0 Å². The molecule has 1 rings (SSSR count). The Morgan fingerprint density at radius 1 is 1.32 bits per heavy atom. The van der Waals surface area contributed by atoms with Gasteiger partial charge in [-0.2, -0.15) is 0 Å². The van der Waals surface area contributed by atoms with Crippen LogP contribution < -0.4 is 16.4 Å². The van der Waals surface area contributed by atoms with Gasteiger partial charge >= 0.3 is 0 Å². The van der Waals surface area contributed by atoms with Gasteiger partial charge in [-0.05, 0) is 51.5 Å². The maximum absolute atomic E-state index is 6.25. The van der Waals surface area contributed by atoms with E-state index in [0.717, 1.165) is 51.3 Å². The first kappa shape index (κ1) is 16.5. The minimum absolute atomic E-state index is 0.438. The zero-order valence-electron chi connectivity index (χ0n) is 13.0. The lowest BCUT2D eigenvalue weighted by Gasteiger charge is -2.32. The Kier molecular flexibility index (Phi) is 8.10. The monoisotopic (exact) mass is 268 g/mol. The molecule has 0 radical (unpaired) electrons. The third-order valence-electron chi connectivity index (χ3n) is 4.04. The van der Waals surface area contributed by atoms with Gasteiger partial charge in [0.1, 0.15) is 0 Å². The van der Waals surface area contributed by atoms with E-state index in [1.807, 2.05) is 7.05 Å². The molecule has 112 valence electrons. The Labute approximate surface area is 118 Å². The van der Waals surface area contributed by atoms with E-state index in [-0.39, 0.29) is 0 Å². The highest BCUT2D eigenvalue weighted by molar-refractivity contribution is 5.21. The molecule has 0 aromatic carbocycles. The molecule has 0 amide bonds. The summed E-state index contributed by atoms with van der Waals surface area (Å²) in [5, 5.41) is 6.94. The van der Waals surface area contributed by atoms with E-state index in [0.29, 0.717) is 6.04 Å². The van der Waals surface area contributed by atoms with Crippen LogP contribution in [0.1, 0.15) is 39.5 Å². The normalized spacial score (nSPS) is 18.9. The second kappa shape index (κ2) is 9.34. The Hall–Kier alpha value is -0.580. The fraction of sp³-hybridized carbons (Fsp3) is 0.867. The smallest absolute Gasteiger partial charge is 0.0379 e. The van der Waals surface area contributed by atoms with Crippen LogP contribution in [0.2, 0.25) is 0 Å². The molecular formula is C15H32N4. The Morgan fingerprint density at radius 3 is 2.68 bits per heavy atom. The van der Waals surface area contributed by atoms with E-state index < -0.39 is 0 Å². The quantitative estimate of drug-likeness (QED) is 0.552. The van der Waals surface area contributed by atoms with Gasteiger partial charge in [0.25, 0.3) is 0 Å². The Balaban J connectivity index is 2.41. The number of nitrogens with two attached hydrogens (primary N) is 1. The maximum atomic E-state index is 6.25. The molecule has 0 bridgehead atoms. The van der Waals surface area contributed by atoms with Crippen molar-refractivity contribution in [1.82, 2.24) is 15.5 Å². The predicted octanol–water partition coefficient (Wildman–Crippen LogP) is 1.29. The highest BCUT2D eigenvalue weighted by Crippen LogP contribution is 2.19. The van der Waals surface area contributed by atoms with Crippen molar-refractivity contribution in [2.24, 2.45) is 5.73 Å². The van der Waals surface area contributed by atoms with Crippen LogP contribution in [0.3, 0.4) is 0 Å². The summed E-state index contributed by atoms with van der Waals surface area (Å²) >= 11 is 0. The van der Waals surface area contributed by atoms with Crippen LogP contribution >= 0.6 is 0 Å². The van der Waals surface area contributed by atoms with Crippen LogP contribution in [0.4, 0.5) is 0 Å². The van der Waals surface area contributed by atoms with Crippen LogP contribution in [-0.2, 0) is 0 Å². The zero-order valence-corrected chi connectivity index (χ0v) is 13.0. The summed E-state index contributed by atoms with van der Waals surface area (Å²) < 4.78 is 0. The van der Waals surface area contributed by atoms with E-state index in [4.69, 9.17) is 5.73 Å². The number of nitrogens with one attached hydrogen (secondary N) is 2. The maximum Gasteiger partial charge on any atom is 0.0379 e. The van der Waals surface area contributed by atoms with Gasteiger partial charge < -0.3 is 16.4 Å². The van der Waals surface area contributed by atoms with Crippen molar-refractivity contribution >= 4 is 0 Å². The average Bonchev–Trinajstić information content (AvgIpc) is 2.43. The molecule has 0 spiro atoms. The first-order valence-electron chi connectivity index (χ1n) is 7.80. The van der Waals surface area contributed by atoms with Gasteiger partial charge in [0.05, 0.1) is 0 Å². The van der Waals surface area contributed by atoms with Crippen molar-refractivity contribution in [3.05, 3.63) is 11.3 Å². The average molecular weight is 268 g/mol. The summed E-state index contributed by atoms with van der Waals surface area (Å²) in [6, 6.07) is 0.438. The molecule has 0 saturated carbocycles. The lowest BCUT2D eigenvalue weighted by atomic mass is 9.95. The molecule has 4 heteroatoms. The third kappa shape index (κ3) is 5.51. The second-order valence-electron chi connectivity index (χ2n) is 5.40. The highest BCUT2D eigenvalue weighted by atomic mass is 15.1. The van der Waals surface area contributed by atoms with Crippen LogP contribution in [0.25, 0.3) is 0 Å². The molecule has 4 N–H and O–H groups in total. The number of likely N-dealkylation sites (N-methyl/N-ethyl adjacent to an activating group) is 2. The van der Waals surface area contributed by atoms with Crippen molar-refractivity contribution in [1.29, 1.82) is 0 Å². The number of hydrogen-bond acceptors (Lipinski definition) is 4. The van der Waals surface area contributed by atoms with Crippen LogP contribution in [0, 0.1) is 0 Å². The van der Waals surface area contributed by atoms with E-state index in [2.05, 4.69) is 29.4 Å². The van der Waals surface area contributed by atoms with Gasteiger partial charge in [-0.25, -0.2) is 0 Å². The van der Waals surface area contributed by atoms with E-state index in [1.54, 1.807) is 0 Å². The van der Waals surface area contributed by atoms with Crippen molar-refractivity contribution in [3.63, 3.8) is 0 Å². The van der Waals surface area contributed by atoms with E-state index in [9.17, 15) is 0 Å². The van der Waals surface area contributed by atoms with Crippen molar-refractivity contribution in [2.75, 3.05) is 39.8 Å². The molecule has 4 nitrogen and oxygen atoms in total. The molecule has 1 heterocycles. The van der Waals surface area contributed by atoms with Crippen molar-refractivity contribution in [2.45, 2.75) is 45.6 Å². The summed E-state index contributed by atoms with van der Waals surface area (Å²) in [5.41, 5.74) is 8.77. The molecule has 1 unspecified atom stereocenters. The molecule has 1 atom stereocenters. The first-order chi connectivity index (χ1) is 9.22. The fourth-order valence-corrected chi connectivity index (χ4v) is 2.69. The van der Waals surface area contributed by atoms with E-state index >= 15 is 0 Å². The third-order valence-corrected chi connectivity index (χ3v) is 4.04. The van der Waals surface area contributed by atoms with Gasteiger partial charge in [0.2, 0.25) is 0 Å². The molecule has 19 heavy (non-hydrogen) atoms. The van der Waals surface area contributed by atoms with Crippen molar-refractivity contribution < 1.29 is 0 Å². The molecule has 1 aliphatic rings. The largest absolute Gasteiger partial charge is 0.401 e. The number of unbranched alkanes of at least 4 members (excludes halogenated alkanes) is 1. The highest BCUT2D eigenvalue weighted by Gasteiger charge is 2.21. The summed E-state index contributed by atoms with van der Waals surface area (Å²) in [7, 11) is 2.04. The molecule has 0 aromatic heterocycles. The first-order valence-corrected chi connectivity index (χ1v) is 7.80. The van der Waals surface area contributed by atoms with Crippen LogP contribution in [0.5, 0.6) is 0 Å². The van der Waals surface area contributed by atoms with Gasteiger partial charge in [-0.3, -0.25) is 4.90 Å².